The van der Waals surface area contributed by atoms with Crippen molar-refractivity contribution in [3.63, 3.8) is 0 Å². The number of carbonyl (C=O) groups is 1. The lowest BCUT2D eigenvalue weighted by atomic mass is 9.80. The van der Waals surface area contributed by atoms with Crippen molar-refractivity contribution in [2.45, 2.75) is 56.8 Å². The van der Waals surface area contributed by atoms with E-state index in [9.17, 15) is 23.1 Å². The number of hydrazone groups is 1. The summed E-state index contributed by atoms with van der Waals surface area (Å²) in [5.41, 5.74) is -1.89. The highest BCUT2D eigenvalue weighted by atomic mass is 19.4. The number of alkyl halides is 3. The van der Waals surface area contributed by atoms with Gasteiger partial charge in [-0.2, -0.15) is 23.3 Å². The summed E-state index contributed by atoms with van der Waals surface area (Å²) < 4.78 is 40.8. The Kier molecular flexibility index (Phi) is 4.86. The van der Waals surface area contributed by atoms with Crippen molar-refractivity contribution in [1.29, 1.82) is 0 Å². The third kappa shape index (κ3) is 3.29. The lowest BCUT2D eigenvalue weighted by Gasteiger charge is -2.38. The van der Waals surface area contributed by atoms with Crippen molar-refractivity contribution < 1.29 is 23.1 Å². The molecular weight excluding hydrogens is 333 g/mol. The van der Waals surface area contributed by atoms with Crippen LogP contribution in [0.15, 0.2) is 35.4 Å². The third-order valence-electron chi connectivity index (χ3n) is 4.97. The van der Waals surface area contributed by atoms with E-state index in [-0.39, 0.29) is 12.8 Å². The summed E-state index contributed by atoms with van der Waals surface area (Å²) in [5.74, 6) is -1.92. The molecular formula is C18H21F3N2O2. The summed E-state index contributed by atoms with van der Waals surface area (Å²) in [6.07, 6.45) is -2.10. The number of hydrogen-bond donors (Lipinski definition) is 1. The number of rotatable bonds is 4. The second-order valence-corrected chi connectivity index (χ2v) is 6.66. The Morgan fingerprint density at radius 2 is 2.00 bits per heavy atom. The molecule has 1 aliphatic carbocycles. The predicted molar refractivity (Wildman–Crippen MR) is 86.6 cm³/mol. The second kappa shape index (κ2) is 6.78. The molecule has 0 aromatic heterocycles. The molecule has 2 atom stereocenters. The summed E-state index contributed by atoms with van der Waals surface area (Å²) in [4.78, 5) is 12.4. The largest absolute Gasteiger partial charge is 0.439 e. The number of hydrogen-bond acceptors (Lipinski definition) is 3. The van der Waals surface area contributed by atoms with Gasteiger partial charge in [-0.15, -0.1) is 0 Å². The molecule has 1 amide bonds. The van der Waals surface area contributed by atoms with Crippen molar-refractivity contribution >= 4 is 11.6 Å². The van der Waals surface area contributed by atoms with Crippen LogP contribution in [0.25, 0.3) is 0 Å². The van der Waals surface area contributed by atoms with Crippen LogP contribution >= 0.6 is 0 Å². The summed E-state index contributed by atoms with van der Waals surface area (Å²) in [6, 6.07) is 9.43. The maximum absolute atomic E-state index is 13.6. The molecule has 1 N–H and O–H groups in total. The number of nitrogens with zero attached hydrogens (tertiary/aromatic N) is 2. The van der Waals surface area contributed by atoms with Crippen molar-refractivity contribution in [2.75, 3.05) is 0 Å². The van der Waals surface area contributed by atoms with Gasteiger partial charge in [0, 0.05) is 12.1 Å². The van der Waals surface area contributed by atoms with Crippen LogP contribution in [-0.4, -0.2) is 33.6 Å². The minimum absolute atomic E-state index is 0.0865. The van der Waals surface area contributed by atoms with E-state index in [4.69, 9.17) is 0 Å². The number of fused-ring (bicyclic) bond motifs is 1. The number of halogens is 3. The van der Waals surface area contributed by atoms with Gasteiger partial charge in [-0.3, -0.25) is 4.79 Å². The first-order valence-electron chi connectivity index (χ1n) is 8.57. The first-order valence-corrected chi connectivity index (χ1v) is 8.57. The van der Waals surface area contributed by atoms with E-state index in [0.29, 0.717) is 36.4 Å². The van der Waals surface area contributed by atoms with Gasteiger partial charge in [0.1, 0.15) is 0 Å². The lowest BCUT2D eigenvalue weighted by molar-refractivity contribution is -0.317. The second-order valence-electron chi connectivity index (χ2n) is 6.66. The molecule has 4 nitrogen and oxygen atoms in total. The molecule has 1 saturated carbocycles. The van der Waals surface area contributed by atoms with Crippen LogP contribution in [0.3, 0.4) is 0 Å². The van der Waals surface area contributed by atoms with Crippen LogP contribution in [-0.2, 0) is 11.2 Å². The summed E-state index contributed by atoms with van der Waals surface area (Å²) in [6.45, 7) is 0. The maximum Gasteiger partial charge on any atom is 0.439 e. The fraction of sp³-hybridized carbons (Fsp3) is 0.556. The van der Waals surface area contributed by atoms with Gasteiger partial charge < -0.3 is 5.11 Å². The highest BCUT2D eigenvalue weighted by molar-refractivity contribution is 5.93. The van der Waals surface area contributed by atoms with Gasteiger partial charge in [-0.05, 0) is 37.7 Å². The van der Waals surface area contributed by atoms with Crippen LogP contribution in [0.2, 0.25) is 0 Å². The van der Waals surface area contributed by atoms with Crippen molar-refractivity contribution in [2.24, 2.45) is 11.0 Å². The van der Waals surface area contributed by atoms with E-state index in [1.807, 2.05) is 30.3 Å². The molecule has 1 fully saturated rings. The van der Waals surface area contributed by atoms with E-state index in [1.165, 1.54) is 0 Å². The highest BCUT2D eigenvalue weighted by Gasteiger charge is 2.68. The topological polar surface area (TPSA) is 52.9 Å². The molecule has 1 aliphatic heterocycles. The van der Waals surface area contributed by atoms with Gasteiger partial charge >= 0.3 is 6.18 Å². The lowest BCUT2D eigenvalue weighted by Crippen LogP contribution is -2.61. The van der Waals surface area contributed by atoms with Crippen LogP contribution in [0.1, 0.15) is 44.1 Å². The average Bonchev–Trinajstić information content (AvgIpc) is 2.90. The van der Waals surface area contributed by atoms with Gasteiger partial charge in [0.15, 0.2) is 0 Å². The third-order valence-corrected chi connectivity index (χ3v) is 4.97. The Hall–Kier alpha value is -1.89. The normalized spacial score (nSPS) is 26.3. The molecule has 1 aromatic rings. The van der Waals surface area contributed by atoms with Crippen LogP contribution < -0.4 is 0 Å². The van der Waals surface area contributed by atoms with Crippen LogP contribution in [0.5, 0.6) is 0 Å². The monoisotopic (exact) mass is 354 g/mol. The SMILES string of the molecule is O=C(CCCc1ccccc1)N1N=C2CCCC[C@@H]2[C@@]1(O)C(F)(F)F. The Labute approximate surface area is 144 Å². The molecule has 0 saturated heterocycles. The minimum Gasteiger partial charge on any atom is -0.362 e. The van der Waals surface area contributed by atoms with E-state index in [1.54, 1.807) is 0 Å². The van der Waals surface area contributed by atoms with Crippen molar-refractivity contribution in [3.05, 3.63) is 35.9 Å². The van der Waals surface area contributed by atoms with Gasteiger partial charge in [0.2, 0.25) is 5.91 Å². The molecule has 25 heavy (non-hydrogen) atoms. The van der Waals surface area contributed by atoms with Crippen molar-refractivity contribution in [3.8, 4) is 0 Å². The molecule has 0 spiro atoms. The number of aliphatic hydroxyl groups is 1. The Balaban J connectivity index is 1.72. The molecule has 0 bridgehead atoms. The highest BCUT2D eigenvalue weighted by Crippen LogP contribution is 2.48. The average molecular weight is 354 g/mol. The fourth-order valence-electron chi connectivity index (χ4n) is 3.66. The van der Waals surface area contributed by atoms with Crippen LogP contribution in [0, 0.1) is 5.92 Å². The molecule has 3 rings (SSSR count). The van der Waals surface area contributed by atoms with Crippen LogP contribution in [0.4, 0.5) is 13.2 Å². The molecule has 2 aliphatic rings. The van der Waals surface area contributed by atoms with E-state index >= 15 is 0 Å². The van der Waals surface area contributed by atoms with Gasteiger partial charge in [0.05, 0.1) is 5.92 Å². The zero-order chi connectivity index (χ0) is 18.1. The molecule has 7 heteroatoms. The molecule has 0 radical (unpaired) electrons. The molecule has 0 unspecified atom stereocenters. The standard InChI is InChI=1S/C18H21F3N2O2/c19-18(20,21)17(25)14-10-4-5-11-15(14)22-23(17)16(24)12-6-9-13-7-2-1-3-8-13/h1-3,7-8,14,25H,4-6,9-12H2/t14-,17+/m0/s1. The quantitative estimate of drug-likeness (QED) is 0.897. The Morgan fingerprint density at radius 1 is 1.28 bits per heavy atom. The van der Waals surface area contributed by atoms with Crippen molar-refractivity contribution in [1.82, 2.24) is 5.01 Å². The fourth-order valence-corrected chi connectivity index (χ4v) is 3.66. The maximum atomic E-state index is 13.6. The number of benzene rings is 1. The Morgan fingerprint density at radius 3 is 2.68 bits per heavy atom. The van der Waals surface area contributed by atoms with E-state index in [0.717, 1.165) is 12.0 Å². The number of carbonyl (C=O) groups excluding carboxylic acids is 1. The minimum atomic E-state index is -4.94. The smallest absolute Gasteiger partial charge is 0.362 e. The summed E-state index contributed by atoms with van der Waals surface area (Å²) >= 11 is 0. The zero-order valence-electron chi connectivity index (χ0n) is 13.8. The van der Waals surface area contributed by atoms with E-state index < -0.39 is 23.7 Å². The molecule has 1 aromatic carbocycles. The van der Waals surface area contributed by atoms with Gasteiger partial charge in [0.25, 0.3) is 5.72 Å². The number of aryl methyl sites for hydroxylation is 1. The van der Waals surface area contributed by atoms with Gasteiger partial charge in [-0.25, -0.2) is 0 Å². The molecule has 1 heterocycles. The summed E-state index contributed by atoms with van der Waals surface area (Å²) in [5, 5.41) is 14.6. The Bertz CT molecular complexity index is 660. The molecule has 136 valence electrons. The van der Waals surface area contributed by atoms with Gasteiger partial charge in [-0.1, -0.05) is 36.8 Å². The first kappa shape index (κ1) is 17.9. The zero-order valence-corrected chi connectivity index (χ0v) is 13.8. The van der Waals surface area contributed by atoms with E-state index in [2.05, 4.69) is 5.10 Å². The summed E-state index contributed by atoms with van der Waals surface area (Å²) in [7, 11) is 0. The number of amides is 1. The predicted octanol–water partition coefficient (Wildman–Crippen LogP) is 3.65. The first-order chi connectivity index (χ1) is 11.8.